The van der Waals surface area contributed by atoms with E-state index < -0.39 is 0 Å². The Bertz CT molecular complexity index is 643. The summed E-state index contributed by atoms with van der Waals surface area (Å²) >= 11 is 3.44. The molecule has 1 amide bonds. The van der Waals surface area contributed by atoms with Crippen molar-refractivity contribution < 1.29 is 14.3 Å². The van der Waals surface area contributed by atoms with E-state index in [1.54, 1.807) is 13.2 Å². The number of carbonyl (C=O) groups is 1. The van der Waals surface area contributed by atoms with Crippen LogP contribution in [-0.2, 0) is 11.4 Å². The average Bonchev–Trinajstić information content (AvgIpc) is 2.45. The third-order valence-electron chi connectivity index (χ3n) is 2.78. The van der Waals surface area contributed by atoms with Gasteiger partial charge < -0.3 is 14.8 Å². The molecule has 0 bridgehead atoms. The number of nitrogens with one attached hydrogen (secondary N) is 1. The van der Waals surface area contributed by atoms with E-state index in [1.807, 2.05) is 36.4 Å². The summed E-state index contributed by atoms with van der Waals surface area (Å²) in [7, 11) is 1.63. The molecule has 4 nitrogen and oxygen atoms in total. The van der Waals surface area contributed by atoms with Crippen LogP contribution in [0.5, 0.6) is 11.5 Å². The van der Waals surface area contributed by atoms with Crippen molar-refractivity contribution in [2.24, 2.45) is 0 Å². The molecule has 2 rings (SSSR count). The van der Waals surface area contributed by atoms with E-state index in [0.29, 0.717) is 12.4 Å². The highest BCUT2D eigenvalue weighted by Gasteiger charge is 2.03. The number of hydrogen-bond acceptors (Lipinski definition) is 3. The molecule has 0 saturated heterocycles. The number of ether oxygens (including phenoxy) is 2. The van der Waals surface area contributed by atoms with Gasteiger partial charge in [0.05, 0.1) is 11.6 Å². The van der Waals surface area contributed by atoms with Crippen LogP contribution in [0.15, 0.2) is 46.9 Å². The lowest BCUT2D eigenvalue weighted by molar-refractivity contribution is -0.114. The minimum atomic E-state index is -0.105. The Kier molecular flexibility index (Phi) is 5.22. The van der Waals surface area contributed by atoms with Gasteiger partial charge in [-0.15, -0.1) is 0 Å². The highest BCUT2D eigenvalue weighted by atomic mass is 79.9. The molecular weight excluding hydrogens is 334 g/mol. The maximum atomic E-state index is 11.0. The molecule has 21 heavy (non-hydrogen) atoms. The Labute approximate surface area is 132 Å². The summed E-state index contributed by atoms with van der Waals surface area (Å²) in [5.74, 6) is 1.38. The fourth-order valence-electron chi connectivity index (χ4n) is 1.83. The quantitative estimate of drug-likeness (QED) is 0.887. The molecule has 0 fully saturated rings. The Hall–Kier alpha value is -2.01. The molecule has 0 radical (unpaired) electrons. The summed E-state index contributed by atoms with van der Waals surface area (Å²) in [6.45, 7) is 1.91. The molecule has 0 unspecified atom stereocenters. The van der Waals surface area contributed by atoms with Crippen molar-refractivity contribution in [3.8, 4) is 11.5 Å². The molecule has 0 saturated carbocycles. The number of rotatable bonds is 5. The molecule has 2 aromatic rings. The van der Waals surface area contributed by atoms with Crippen molar-refractivity contribution >= 4 is 27.5 Å². The Morgan fingerprint density at radius 2 is 2.05 bits per heavy atom. The molecule has 110 valence electrons. The predicted molar refractivity (Wildman–Crippen MR) is 85.8 cm³/mol. The van der Waals surface area contributed by atoms with Crippen molar-refractivity contribution in [3.63, 3.8) is 0 Å². The Balaban J connectivity index is 2.02. The van der Waals surface area contributed by atoms with Crippen LogP contribution in [0.3, 0.4) is 0 Å². The van der Waals surface area contributed by atoms with Gasteiger partial charge in [-0.1, -0.05) is 12.1 Å². The first-order valence-corrected chi connectivity index (χ1v) is 7.20. The second kappa shape index (κ2) is 7.13. The summed E-state index contributed by atoms with van der Waals surface area (Å²) in [4.78, 5) is 11.0. The zero-order valence-electron chi connectivity index (χ0n) is 11.9. The molecule has 0 heterocycles. The van der Waals surface area contributed by atoms with E-state index in [-0.39, 0.29) is 5.91 Å². The lowest BCUT2D eigenvalue weighted by atomic mass is 10.2. The van der Waals surface area contributed by atoms with E-state index in [4.69, 9.17) is 9.47 Å². The third-order valence-corrected chi connectivity index (χ3v) is 3.40. The maximum absolute atomic E-state index is 11.0. The summed E-state index contributed by atoms with van der Waals surface area (Å²) < 4.78 is 11.8. The topological polar surface area (TPSA) is 47.6 Å². The molecule has 0 aliphatic rings. The molecular formula is C16H16BrNO3. The van der Waals surface area contributed by atoms with Crippen molar-refractivity contribution in [3.05, 3.63) is 52.5 Å². The molecule has 0 spiro atoms. The second-order valence-electron chi connectivity index (χ2n) is 4.47. The van der Waals surface area contributed by atoms with E-state index in [1.165, 1.54) is 6.92 Å². The minimum absolute atomic E-state index is 0.105. The van der Waals surface area contributed by atoms with Crippen LogP contribution >= 0.6 is 15.9 Å². The molecule has 0 aliphatic heterocycles. The van der Waals surface area contributed by atoms with Crippen molar-refractivity contribution in [1.82, 2.24) is 0 Å². The Morgan fingerprint density at radius 1 is 1.24 bits per heavy atom. The van der Waals surface area contributed by atoms with Gasteiger partial charge in [0.15, 0.2) is 0 Å². The molecule has 0 aromatic heterocycles. The standard InChI is InChI=1S/C16H16BrNO3/c1-11(19)18-13-4-3-5-14(9-13)21-10-12-6-7-16(20-2)15(17)8-12/h3-9H,10H2,1-2H3,(H,18,19). The van der Waals surface area contributed by atoms with Crippen LogP contribution in [0.25, 0.3) is 0 Å². The van der Waals surface area contributed by atoms with Crippen LogP contribution in [0.4, 0.5) is 5.69 Å². The molecule has 0 aliphatic carbocycles. The van der Waals surface area contributed by atoms with Crippen LogP contribution < -0.4 is 14.8 Å². The SMILES string of the molecule is COc1ccc(COc2cccc(NC(C)=O)c2)cc1Br. The van der Waals surface area contributed by atoms with Gasteiger partial charge in [0.2, 0.25) is 5.91 Å². The number of anilines is 1. The zero-order valence-corrected chi connectivity index (χ0v) is 13.4. The summed E-state index contributed by atoms with van der Waals surface area (Å²) in [5.41, 5.74) is 1.74. The van der Waals surface area contributed by atoms with Crippen molar-refractivity contribution in [2.45, 2.75) is 13.5 Å². The Morgan fingerprint density at radius 3 is 2.71 bits per heavy atom. The monoisotopic (exact) mass is 349 g/mol. The summed E-state index contributed by atoms with van der Waals surface area (Å²) in [6.07, 6.45) is 0. The molecule has 1 N–H and O–H groups in total. The zero-order chi connectivity index (χ0) is 15.2. The van der Waals surface area contributed by atoms with E-state index >= 15 is 0 Å². The average molecular weight is 350 g/mol. The number of methoxy groups -OCH3 is 1. The fourth-order valence-corrected chi connectivity index (χ4v) is 2.42. The number of halogens is 1. The predicted octanol–water partition coefficient (Wildman–Crippen LogP) is 4.00. The van der Waals surface area contributed by atoms with E-state index in [9.17, 15) is 4.79 Å². The summed E-state index contributed by atoms with van der Waals surface area (Å²) in [5, 5.41) is 2.72. The highest BCUT2D eigenvalue weighted by molar-refractivity contribution is 9.10. The van der Waals surface area contributed by atoms with Gasteiger partial charge >= 0.3 is 0 Å². The number of amides is 1. The first kappa shape index (κ1) is 15.4. The number of hydrogen-bond donors (Lipinski definition) is 1. The third kappa shape index (κ3) is 4.49. The van der Waals surface area contributed by atoms with Gasteiger partial charge in [-0.05, 0) is 45.8 Å². The lowest BCUT2D eigenvalue weighted by Gasteiger charge is -2.10. The van der Waals surface area contributed by atoms with Crippen LogP contribution in [0.1, 0.15) is 12.5 Å². The van der Waals surface area contributed by atoms with Crippen LogP contribution in [0, 0.1) is 0 Å². The van der Waals surface area contributed by atoms with Gasteiger partial charge in [0.25, 0.3) is 0 Å². The normalized spacial score (nSPS) is 10.0. The van der Waals surface area contributed by atoms with Crippen LogP contribution in [-0.4, -0.2) is 13.0 Å². The number of benzene rings is 2. The minimum Gasteiger partial charge on any atom is -0.496 e. The van der Waals surface area contributed by atoms with Gasteiger partial charge in [-0.25, -0.2) is 0 Å². The molecule has 0 atom stereocenters. The maximum Gasteiger partial charge on any atom is 0.221 e. The second-order valence-corrected chi connectivity index (χ2v) is 5.32. The largest absolute Gasteiger partial charge is 0.496 e. The fraction of sp³-hybridized carbons (Fsp3) is 0.188. The smallest absolute Gasteiger partial charge is 0.221 e. The van der Waals surface area contributed by atoms with E-state index in [2.05, 4.69) is 21.2 Å². The number of carbonyl (C=O) groups excluding carboxylic acids is 1. The first-order valence-electron chi connectivity index (χ1n) is 6.41. The molecule has 2 aromatic carbocycles. The van der Waals surface area contributed by atoms with Crippen molar-refractivity contribution in [2.75, 3.05) is 12.4 Å². The van der Waals surface area contributed by atoms with Crippen LogP contribution in [0.2, 0.25) is 0 Å². The lowest BCUT2D eigenvalue weighted by Crippen LogP contribution is -2.05. The summed E-state index contributed by atoms with van der Waals surface area (Å²) in [6, 6.07) is 13.1. The highest BCUT2D eigenvalue weighted by Crippen LogP contribution is 2.26. The van der Waals surface area contributed by atoms with Gasteiger partial charge in [0, 0.05) is 18.7 Å². The first-order chi connectivity index (χ1) is 10.1. The van der Waals surface area contributed by atoms with Gasteiger partial charge in [0.1, 0.15) is 18.1 Å². The van der Waals surface area contributed by atoms with E-state index in [0.717, 1.165) is 21.5 Å². The van der Waals surface area contributed by atoms with Gasteiger partial charge in [-0.3, -0.25) is 4.79 Å². The molecule has 5 heteroatoms. The van der Waals surface area contributed by atoms with Gasteiger partial charge in [-0.2, -0.15) is 0 Å². The van der Waals surface area contributed by atoms with Crippen molar-refractivity contribution in [1.29, 1.82) is 0 Å².